The van der Waals surface area contributed by atoms with Gasteiger partial charge in [0, 0.05) is 22.2 Å². The Kier molecular flexibility index (Phi) is 4.93. The summed E-state index contributed by atoms with van der Waals surface area (Å²) in [6.45, 7) is 2.20. The summed E-state index contributed by atoms with van der Waals surface area (Å²) in [6.07, 6.45) is 1.87. The zero-order chi connectivity index (χ0) is 14.4. The topological polar surface area (TPSA) is 75.4 Å². The Bertz CT molecular complexity index is 649. The summed E-state index contributed by atoms with van der Waals surface area (Å²) >= 11 is 1.53. The van der Waals surface area contributed by atoms with Crippen molar-refractivity contribution in [1.29, 1.82) is 0 Å². The van der Waals surface area contributed by atoms with Crippen LogP contribution in [0.2, 0.25) is 0 Å². The molecule has 0 saturated carbocycles. The van der Waals surface area contributed by atoms with Crippen molar-refractivity contribution in [1.82, 2.24) is 10.5 Å². The molecule has 0 atom stereocenters. The lowest BCUT2D eigenvalue weighted by Crippen LogP contribution is -2.22. The minimum absolute atomic E-state index is 0.0676. The fourth-order valence-corrected chi connectivity index (χ4v) is 2.29. The number of carbonyl (C=O) groups is 1. The number of aliphatic hydroxyl groups excluding tert-OH is 1. The van der Waals surface area contributed by atoms with E-state index >= 15 is 0 Å². The molecular formula is C14H14N2O3S. The van der Waals surface area contributed by atoms with Crippen LogP contribution in [0, 0.1) is 18.8 Å². The highest BCUT2D eigenvalue weighted by atomic mass is 32.1. The third-order valence-electron chi connectivity index (χ3n) is 2.54. The van der Waals surface area contributed by atoms with Crippen molar-refractivity contribution in [2.75, 3.05) is 6.61 Å². The summed E-state index contributed by atoms with van der Waals surface area (Å²) in [4.78, 5) is 12.9. The first-order chi connectivity index (χ1) is 9.70. The number of nitrogens with one attached hydrogen (secondary N) is 1. The Hall–Kier alpha value is -2.10. The molecule has 2 aromatic heterocycles. The second-order valence-electron chi connectivity index (χ2n) is 4.06. The zero-order valence-electron chi connectivity index (χ0n) is 11.0. The van der Waals surface area contributed by atoms with Crippen molar-refractivity contribution in [3.8, 4) is 11.8 Å². The highest BCUT2D eigenvalue weighted by Gasteiger charge is 2.12. The molecule has 0 aliphatic rings. The zero-order valence-corrected chi connectivity index (χ0v) is 11.8. The average Bonchev–Trinajstić information content (AvgIpc) is 3.05. The maximum atomic E-state index is 11.9. The van der Waals surface area contributed by atoms with Gasteiger partial charge in [0.1, 0.15) is 11.3 Å². The molecule has 0 saturated heterocycles. The van der Waals surface area contributed by atoms with E-state index in [-0.39, 0.29) is 12.5 Å². The lowest BCUT2D eigenvalue weighted by Gasteiger charge is -2.00. The maximum Gasteiger partial charge on any atom is 0.256 e. The lowest BCUT2D eigenvalue weighted by atomic mass is 10.2. The van der Waals surface area contributed by atoms with Gasteiger partial charge in [0.15, 0.2) is 0 Å². The quantitative estimate of drug-likeness (QED) is 0.841. The van der Waals surface area contributed by atoms with E-state index in [9.17, 15) is 4.79 Å². The molecule has 104 valence electrons. The number of aliphatic hydroxyl groups is 1. The van der Waals surface area contributed by atoms with Crippen LogP contribution in [-0.4, -0.2) is 22.8 Å². The molecule has 0 bridgehead atoms. The summed E-state index contributed by atoms with van der Waals surface area (Å²) < 4.78 is 4.85. The molecule has 0 spiro atoms. The van der Waals surface area contributed by atoms with Crippen molar-refractivity contribution in [3.05, 3.63) is 39.4 Å². The first kappa shape index (κ1) is 14.3. The normalized spacial score (nSPS) is 9.90. The molecule has 2 heterocycles. The smallest absolute Gasteiger partial charge is 0.256 e. The van der Waals surface area contributed by atoms with Crippen LogP contribution < -0.4 is 5.32 Å². The fraction of sp³-hybridized carbons (Fsp3) is 0.286. The van der Waals surface area contributed by atoms with Crippen LogP contribution in [-0.2, 0) is 6.54 Å². The summed E-state index contributed by atoms with van der Waals surface area (Å²) in [5.74, 6) is 6.11. The molecule has 1 amide bonds. The molecule has 2 rings (SSSR count). The molecule has 5 nitrogen and oxygen atoms in total. The van der Waals surface area contributed by atoms with Crippen LogP contribution >= 0.6 is 11.3 Å². The van der Waals surface area contributed by atoms with E-state index in [1.165, 1.54) is 17.5 Å². The Morgan fingerprint density at radius 1 is 1.60 bits per heavy atom. The van der Waals surface area contributed by atoms with Gasteiger partial charge in [-0.05, 0) is 13.0 Å². The first-order valence-electron chi connectivity index (χ1n) is 6.07. The van der Waals surface area contributed by atoms with Crippen molar-refractivity contribution in [2.24, 2.45) is 0 Å². The minimum atomic E-state index is -0.204. The Morgan fingerprint density at radius 3 is 3.15 bits per heavy atom. The number of rotatable bonds is 4. The number of amides is 1. The van der Waals surface area contributed by atoms with E-state index in [2.05, 4.69) is 22.3 Å². The van der Waals surface area contributed by atoms with Gasteiger partial charge in [-0.2, -0.15) is 0 Å². The van der Waals surface area contributed by atoms with Gasteiger partial charge in [-0.25, -0.2) is 0 Å². The Balaban J connectivity index is 1.90. The third kappa shape index (κ3) is 3.70. The van der Waals surface area contributed by atoms with Crippen LogP contribution in [0.25, 0.3) is 0 Å². The summed E-state index contributed by atoms with van der Waals surface area (Å²) in [5, 5.41) is 17.0. The second kappa shape index (κ2) is 6.89. The molecule has 0 unspecified atom stereocenters. The minimum Gasteiger partial charge on any atom is -0.395 e. The molecular weight excluding hydrogens is 276 g/mol. The molecule has 0 aromatic carbocycles. The van der Waals surface area contributed by atoms with Crippen molar-refractivity contribution >= 4 is 17.2 Å². The van der Waals surface area contributed by atoms with Crippen molar-refractivity contribution < 1.29 is 14.4 Å². The SMILES string of the molecule is Cc1oncc1C(=O)NCc1cc(C#CCCO)cs1. The summed E-state index contributed by atoms with van der Waals surface area (Å²) in [7, 11) is 0. The molecule has 0 aliphatic carbocycles. The maximum absolute atomic E-state index is 11.9. The van der Waals surface area contributed by atoms with E-state index in [1.54, 1.807) is 6.92 Å². The van der Waals surface area contributed by atoms with Crippen molar-refractivity contribution in [2.45, 2.75) is 19.9 Å². The fourth-order valence-electron chi connectivity index (χ4n) is 1.54. The van der Waals surface area contributed by atoms with Gasteiger partial charge in [0.05, 0.1) is 19.3 Å². The lowest BCUT2D eigenvalue weighted by molar-refractivity contribution is 0.0950. The highest BCUT2D eigenvalue weighted by molar-refractivity contribution is 7.10. The van der Waals surface area contributed by atoms with E-state index in [4.69, 9.17) is 9.63 Å². The molecule has 2 aromatic rings. The molecule has 0 aliphatic heterocycles. The molecule has 2 N–H and O–H groups in total. The number of hydrogen-bond acceptors (Lipinski definition) is 5. The predicted octanol–water partition coefficient (Wildman–Crippen LogP) is 1.71. The Morgan fingerprint density at radius 2 is 2.45 bits per heavy atom. The first-order valence-corrected chi connectivity index (χ1v) is 6.95. The summed E-state index contributed by atoms with van der Waals surface area (Å²) in [6, 6.07) is 1.93. The van der Waals surface area contributed by atoms with Gasteiger partial charge in [0.25, 0.3) is 5.91 Å². The van der Waals surface area contributed by atoms with Gasteiger partial charge < -0.3 is 14.9 Å². The number of thiophene rings is 1. The number of aromatic nitrogens is 1. The number of nitrogens with zero attached hydrogens (tertiary/aromatic N) is 1. The van der Waals surface area contributed by atoms with Crippen molar-refractivity contribution in [3.63, 3.8) is 0 Å². The van der Waals surface area contributed by atoms with E-state index in [0.29, 0.717) is 24.3 Å². The summed E-state index contributed by atoms with van der Waals surface area (Å²) in [5.41, 5.74) is 1.35. The Labute approximate surface area is 120 Å². The van der Waals surface area contributed by atoms with E-state index in [0.717, 1.165) is 10.4 Å². The van der Waals surface area contributed by atoms with Crippen LogP contribution in [0.3, 0.4) is 0 Å². The highest BCUT2D eigenvalue weighted by Crippen LogP contribution is 2.14. The van der Waals surface area contributed by atoms with Crippen LogP contribution in [0.4, 0.5) is 0 Å². The van der Waals surface area contributed by atoms with Crippen LogP contribution in [0.15, 0.2) is 22.2 Å². The molecule has 0 fully saturated rings. The predicted molar refractivity (Wildman–Crippen MR) is 75.3 cm³/mol. The number of hydrogen-bond donors (Lipinski definition) is 2. The third-order valence-corrected chi connectivity index (χ3v) is 3.48. The number of carbonyl (C=O) groups excluding carboxylic acids is 1. The van der Waals surface area contributed by atoms with Crippen LogP contribution in [0.1, 0.15) is 33.0 Å². The van der Waals surface area contributed by atoms with Gasteiger partial charge >= 0.3 is 0 Å². The molecule has 6 heteroatoms. The second-order valence-corrected chi connectivity index (χ2v) is 5.05. The standard InChI is InChI=1S/C14H14N2O3S/c1-10-13(8-16-19-10)14(18)15-7-12-6-11(9-20-12)4-2-3-5-17/h6,8-9,17H,3,5,7H2,1H3,(H,15,18). The van der Waals surface area contributed by atoms with Gasteiger partial charge in [-0.3, -0.25) is 4.79 Å². The van der Waals surface area contributed by atoms with Gasteiger partial charge in [0.2, 0.25) is 0 Å². The van der Waals surface area contributed by atoms with Crippen LogP contribution in [0.5, 0.6) is 0 Å². The van der Waals surface area contributed by atoms with E-state index < -0.39 is 0 Å². The molecule has 20 heavy (non-hydrogen) atoms. The average molecular weight is 290 g/mol. The van der Waals surface area contributed by atoms with E-state index in [1.807, 2.05) is 11.4 Å². The molecule has 0 radical (unpaired) electrons. The van der Waals surface area contributed by atoms with Gasteiger partial charge in [-0.15, -0.1) is 11.3 Å². The largest absolute Gasteiger partial charge is 0.395 e. The van der Waals surface area contributed by atoms with Gasteiger partial charge in [-0.1, -0.05) is 17.0 Å². The monoisotopic (exact) mass is 290 g/mol. The number of aryl methyl sites for hydroxylation is 1.